The summed E-state index contributed by atoms with van der Waals surface area (Å²) in [7, 11) is 1.87. The number of carbonyl (C=O) groups is 2. The first kappa shape index (κ1) is 20.9. The van der Waals surface area contributed by atoms with Gasteiger partial charge in [-0.1, -0.05) is 11.6 Å². The number of halogens is 1. The first-order chi connectivity index (χ1) is 13.8. The predicted octanol–water partition coefficient (Wildman–Crippen LogP) is 2.17. The Morgan fingerprint density at radius 3 is 2.38 bits per heavy atom. The van der Waals surface area contributed by atoms with Gasteiger partial charge in [-0.05, 0) is 44.2 Å². The largest absolute Gasteiger partial charge is 0.368 e. The van der Waals surface area contributed by atoms with Crippen LogP contribution in [0.5, 0.6) is 0 Å². The Morgan fingerprint density at radius 1 is 1.14 bits per heavy atom. The maximum absolute atomic E-state index is 12.4. The first-order valence-electron chi connectivity index (χ1n) is 9.59. The van der Waals surface area contributed by atoms with Crippen LogP contribution in [0.1, 0.15) is 17.0 Å². The van der Waals surface area contributed by atoms with E-state index in [0.717, 1.165) is 35.7 Å². The van der Waals surface area contributed by atoms with Gasteiger partial charge in [0.15, 0.2) is 0 Å². The molecule has 2 heterocycles. The lowest BCUT2D eigenvalue weighted by atomic mass is 10.2. The van der Waals surface area contributed by atoms with E-state index < -0.39 is 0 Å². The highest BCUT2D eigenvalue weighted by molar-refractivity contribution is 6.30. The van der Waals surface area contributed by atoms with E-state index in [1.807, 2.05) is 45.2 Å². The molecule has 1 fully saturated rings. The summed E-state index contributed by atoms with van der Waals surface area (Å²) in [5, 5.41) is 7.70. The highest BCUT2D eigenvalue weighted by atomic mass is 35.5. The maximum atomic E-state index is 12.4. The van der Waals surface area contributed by atoms with Gasteiger partial charge in [0.05, 0.1) is 12.2 Å². The summed E-state index contributed by atoms with van der Waals surface area (Å²) in [4.78, 5) is 28.5. The molecule has 1 aromatic carbocycles. The predicted molar refractivity (Wildman–Crippen MR) is 115 cm³/mol. The number of piperazine rings is 1. The monoisotopic (exact) mass is 415 g/mol. The first-order valence-corrected chi connectivity index (χ1v) is 9.97. The van der Waals surface area contributed by atoms with Crippen molar-refractivity contribution >= 4 is 35.2 Å². The van der Waals surface area contributed by atoms with Crippen LogP contribution in [0.2, 0.25) is 5.02 Å². The van der Waals surface area contributed by atoms with E-state index in [-0.39, 0.29) is 18.4 Å². The summed E-state index contributed by atoms with van der Waals surface area (Å²) >= 11 is 5.93. The molecule has 8 heteroatoms. The number of amides is 2. The number of carbonyl (C=O) groups excluding carboxylic acids is 2. The molecule has 1 aliphatic rings. The second kappa shape index (κ2) is 9.13. The van der Waals surface area contributed by atoms with E-state index in [1.54, 1.807) is 15.7 Å². The molecule has 29 heavy (non-hydrogen) atoms. The van der Waals surface area contributed by atoms with Crippen molar-refractivity contribution < 1.29 is 9.59 Å². The Hall–Kier alpha value is -2.80. The van der Waals surface area contributed by atoms with Crippen LogP contribution < -0.4 is 10.2 Å². The van der Waals surface area contributed by atoms with E-state index in [1.165, 1.54) is 6.08 Å². The smallest absolute Gasteiger partial charge is 0.244 e. The third-order valence-electron chi connectivity index (χ3n) is 5.20. The average Bonchev–Trinajstić information content (AvgIpc) is 2.96. The molecule has 0 saturated carbocycles. The SMILES string of the molecule is Cc1nn(C)c(C)c1/C=C/C(=O)NCC(=O)N1CCN(c2ccc(Cl)cc2)CC1. The van der Waals surface area contributed by atoms with E-state index in [0.29, 0.717) is 18.1 Å². The topological polar surface area (TPSA) is 70.5 Å². The Labute approximate surface area is 175 Å². The molecule has 1 saturated heterocycles. The van der Waals surface area contributed by atoms with Crippen molar-refractivity contribution in [1.82, 2.24) is 20.0 Å². The number of nitrogens with one attached hydrogen (secondary N) is 1. The number of aryl methyl sites for hydroxylation is 2. The van der Waals surface area contributed by atoms with Gasteiger partial charge in [-0.15, -0.1) is 0 Å². The van der Waals surface area contributed by atoms with Gasteiger partial charge in [0, 0.05) is 61.3 Å². The summed E-state index contributed by atoms with van der Waals surface area (Å²) < 4.78 is 1.78. The maximum Gasteiger partial charge on any atom is 0.244 e. The fraction of sp³-hybridized carbons (Fsp3) is 0.381. The summed E-state index contributed by atoms with van der Waals surface area (Å²) in [5.41, 5.74) is 3.87. The molecule has 0 spiro atoms. The van der Waals surface area contributed by atoms with Crippen LogP contribution in [0.3, 0.4) is 0 Å². The lowest BCUT2D eigenvalue weighted by molar-refractivity contribution is -0.132. The van der Waals surface area contributed by atoms with Crippen molar-refractivity contribution in [2.24, 2.45) is 7.05 Å². The number of aromatic nitrogens is 2. The Bertz CT molecular complexity index is 912. The minimum absolute atomic E-state index is 0.00484. The number of nitrogens with zero attached hydrogens (tertiary/aromatic N) is 4. The van der Waals surface area contributed by atoms with E-state index in [9.17, 15) is 9.59 Å². The molecular formula is C21H26ClN5O2. The van der Waals surface area contributed by atoms with Crippen LogP contribution in [0.15, 0.2) is 30.3 Å². The third kappa shape index (κ3) is 5.17. The van der Waals surface area contributed by atoms with Crippen LogP contribution in [-0.4, -0.2) is 59.2 Å². The zero-order valence-corrected chi connectivity index (χ0v) is 17.7. The van der Waals surface area contributed by atoms with Crippen molar-refractivity contribution in [1.29, 1.82) is 0 Å². The van der Waals surface area contributed by atoms with E-state index in [4.69, 9.17) is 11.6 Å². The highest BCUT2D eigenvalue weighted by Gasteiger charge is 2.21. The molecule has 154 valence electrons. The van der Waals surface area contributed by atoms with Crippen LogP contribution in [0.4, 0.5) is 5.69 Å². The van der Waals surface area contributed by atoms with Crippen molar-refractivity contribution in [3.63, 3.8) is 0 Å². The summed E-state index contributed by atoms with van der Waals surface area (Å²) in [6.45, 7) is 6.60. The van der Waals surface area contributed by atoms with Gasteiger partial charge in [0.25, 0.3) is 0 Å². The van der Waals surface area contributed by atoms with Crippen molar-refractivity contribution in [2.75, 3.05) is 37.6 Å². The molecule has 0 radical (unpaired) electrons. The van der Waals surface area contributed by atoms with Gasteiger partial charge in [0.1, 0.15) is 0 Å². The highest BCUT2D eigenvalue weighted by Crippen LogP contribution is 2.19. The molecule has 0 aliphatic carbocycles. The molecule has 0 unspecified atom stereocenters. The number of hydrogen-bond acceptors (Lipinski definition) is 4. The number of anilines is 1. The summed E-state index contributed by atoms with van der Waals surface area (Å²) in [6.07, 6.45) is 3.19. The standard InChI is InChI=1S/C21H26ClN5O2/c1-15-19(16(2)25(3)24-15)8-9-20(28)23-14-21(29)27-12-10-26(11-13-27)18-6-4-17(22)5-7-18/h4-9H,10-14H2,1-3H3,(H,23,28)/b9-8+. The van der Waals surface area contributed by atoms with Gasteiger partial charge in [-0.3, -0.25) is 14.3 Å². The zero-order valence-electron chi connectivity index (χ0n) is 17.0. The zero-order chi connectivity index (χ0) is 21.0. The lowest BCUT2D eigenvalue weighted by Crippen LogP contribution is -2.51. The van der Waals surface area contributed by atoms with Crippen LogP contribution in [-0.2, 0) is 16.6 Å². The minimum atomic E-state index is -0.291. The number of rotatable bonds is 5. The van der Waals surface area contributed by atoms with Crippen LogP contribution in [0, 0.1) is 13.8 Å². The van der Waals surface area contributed by atoms with Crippen LogP contribution >= 0.6 is 11.6 Å². The molecule has 3 rings (SSSR count). The molecular weight excluding hydrogens is 390 g/mol. The minimum Gasteiger partial charge on any atom is -0.368 e. The Morgan fingerprint density at radius 2 is 1.79 bits per heavy atom. The van der Waals surface area contributed by atoms with Gasteiger partial charge >= 0.3 is 0 Å². The molecule has 1 aliphatic heterocycles. The molecule has 0 bridgehead atoms. The van der Waals surface area contributed by atoms with Gasteiger partial charge < -0.3 is 15.1 Å². The molecule has 1 N–H and O–H groups in total. The molecule has 2 aromatic rings. The molecule has 2 amide bonds. The van der Waals surface area contributed by atoms with E-state index in [2.05, 4.69) is 15.3 Å². The lowest BCUT2D eigenvalue weighted by Gasteiger charge is -2.36. The number of benzene rings is 1. The van der Waals surface area contributed by atoms with Crippen LogP contribution in [0.25, 0.3) is 6.08 Å². The van der Waals surface area contributed by atoms with E-state index >= 15 is 0 Å². The fourth-order valence-corrected chi connectivity index (χ4v) is 3.52. The third-order valence-corrected chi connectivity index (χ3v) is 5.46. The normalized spacial score (nSPS) is 14.5. The number of hydrogen-bond donors (Lipinski definition) is 1. The van der Waals surface area contributed by atoms with Gasteiger partial charge in [-0.2, -0.15) is 5.10 Å². The second-order valence-electron chi connectivity index (χ2n) is 7.10. The quantitative estimate of drug-likeness (QED) is 0.760. The second-order valence-corrected chi connectivity index (χ2v) is 7.54. The fourth-order valence-electron chi connectivity index (χ4n) is 3.39. The Kier molecular flexibility index (Phi) is 6.59. The molecule has 1 aromatic heterocycles. The Balaban J connectivity index is 1.45. The molecule has 7 nitrogen and oxygen atoms in total. The van der Waals surface area contributed by atoms with Gasteiger partial charge in [0.2, 0.25) is 11.8 Å². The van der Waals surface area contributed by atoms with Crippen molar-refractivity contribution in [2.45, 2.75) is 13.8 Å². The molecule has 0 atom stereocenters. The summed E-state index contributed by atoms with van der Waals surface area (Å²) in [6, 6.07) is 7.70. The van der Waals surface area contributed by atoms with Crippen molar-refractivity contribution in [3.05, 3.63) is 52.3 Å². The average molecular weight is 416 g/mol. The van der Waals surface area contributed by atoms with Crippen molar-refractivity contribution in [3.8, 4) is 0 Å². The van der Waals surface area contributed by atoms with Gasteiger partial charge in [-0.25, -0.2) is 0 Å². The summed E-state index contributed by atoms with van der Waals surface area (Å²) in [5.74, 6) is -0.364.